The number of hydrogen-bond acceptors (Lipinski definition) is 7. The van der Waals surface area contributed by atoms with Crippen molar-refractivity contribution in [2.24, 2.45) is 5.92 Å². The van der Waals surface area contributed by atoms with E-state index in [-0.39, 0.29) is 24.1 Å². The third-order valence-corrected chi connectivity index (χ3v) is 7.15. The van der Waals surface area contributed by atoms with Crippen LogP contribution < -0.4 is 0 Å². The Kier molecular flexibility index (Phi) is 15.6. The second kappa shape index (κ2) is 14.7. The summed E-state index contributed by atoms with van der Waals surface area (Å²) >= 11 is 33.5. The predicted molar refractivity (Wildman–Crippen MR) is 136 cm³/mol. The highest BCUT2D eigenvalue weighted by Gasteiger charge is 2.41. The number of ether oxygens (including phenoxy) is 1. The zero-order valence-corrected chi connectivity index (χ0v) is 24.6. The first kappa shape index (κ1) is 34.9. The molecule has 6 nitrogen and oxygen atoms in total. The number of hydrogen-bond donors (Lipinski definition) is 0. The van der Waals surface area contributed by atoms with Crippen molar-refractivity contribution in [3.8, 4) is 0 Å². The lowest BCUT2D eigenvalue weighted by molar-refractivity contribution is 0.102. The zero-order valence-electron chi connectivity index (χ0n) is 17.5. The first-order chi connectivity index (χ1) is 14.7. The standard InChI is InChI=1S/C10H12BCl6O5PS.C4H10F3NS/c1-5-2-6(11)21-7(5)8(24)22-23(18,19-3-9(12,13)14)20-4-10(15,16)17;1-3-8(4-2)9(5,6)7/h5-7H,2-4H2,1H3;3-4H2,1-2H3/t5?,6-,7+;/m1./s1. The molecule has 0 aromatic heterocycles. The molecule has 1 saturated heterocycles. The van der Waals surface area contributed by atoms with Crippen molar-refractivity contribution in [3.63, 3.8) is 0 Å². The molecule has 1 rings (SSSR count). The summed E-state index contributed by atoms with van der Waals surface area (Å²) < 4.78 is 65.1. The molecular formula is C14H22BCl6F3NO5PS2. The van der Waals surface area contributed by atoms with Gasteiger partial charge in [0.25, 0.3) is 11.4 Å². The van der Waals surface area contributed by atoms with E-state index < -0.39 is 52.1 Å². The van der Waals surface area contributed by atoms with Crippen LogP contribution in [0.25, 0.3) is 0 Å². The zero-order chi connectivity index (χ0) is 26.3. The van der Waals surface area contributed by atoms with Gasteiger partial charge >= 0.3 is 7.82 Å². The molecule has 1 aliphatic rings. The van der Waals surface area contributed by atoms with Gasteiger partial charge in [0.2, 0.25) is 12.6 Å². The maximum Gasteiger partial charge on any atom is 0.530 e. The molecule has 0 spiro atoms. The Morgan fingerprint density at radius 1 is 1.12 bits per heavy atom. The highest BCUT2D eigenvalue weighted by molar-refractivity contribution is 8.18. The van der Waals surface area contributed by atoms with Crippen molar-refractivity contribution in [3.05, 3.63) is 0 Å². The molecule has 1 fully saturated rings. The summed E-state index contributed by atoms with van der Waals surface area (Å²) in [6.07, 6.45) is -0.140. The lowest BCUT2D eigenvalue weighted by Crippen LogP contribution is -2.27. The van der Waals surface area contributed by atoms with E-state index in [1.165, 1.54) is 13.8 Å². The van der Waals surface area contributed by atoms with E-state index in [1.54, 1.807) is 0 Å². The Morgan fingerprint density at radius 2 is 1.55 bits per heavy atom. The molecule has 0 amide bonds. The lowest BCUT2D eigenvalue weighted by Gasteiger charge is -2.24. The molecule has 3 atom stereocenters. The largest absolute Gasteiger partial charge is 0.530 e. The van der Waals surface area contributed by atoms with Gasteiger partial charge in [-0.2, -0.15) is 4.31 Å². The Bertz CT molecular complexity index is 651. The van der Waals surface area contributed by atoms with Gasteiger partial charge in [-0.1, -0.05) is 90.4 Å². The van der Waals surface area contributed by atoms with Crippen molar-refractivity contribution in [1.29, 1.82) is 0 Å². The van der Waals surface area contributed by atoms with E-state index in [4.69, 9.17) is 108 Å². The van der Waals surface area contributed by atoms with E-state index in [1.807, 2.05) is 6.92 Å². The van der Waals surface area contributed by atoms with Crippen molar-refractivity contribution >= 4 is 114 Å². The monoisotopic (exact) mass is 657 g/mol. The molecule has 0 bridgehead atoms. The minimum absolute atomic E-state index is 0.0648. The average Bonchev–Trinajstić information content (AvgIpc) is 2.96. The summed E-state index contributed by atoms with van der Waals surface area (Å²) in [5.41, 5.74) is 0. The normalized spacial score (nSPS) is 22.6. The van der Waals surface area contributed by atoms with Gasteiger partial charge in [0, 0.05) is 19.1 Å². The maximum absolute atomic E-state index is 12.7. The van der Waals surface area contributed by atoms with Crippen molar-refractivity contribution in [2.75, 3.05) is 26.3 Å². The average molecular weight is 660 g/mol. The van der Waals surface area contributed by atoms with Gasteiger partial charge in [-0.15, -0.1) is 11.7 Å². The van der Waals surface area contributed by atoms with Gasteiger partial charge in [0.05, 0.1) is 0 Å². The summed E-state index contributed by atoms with van der Waals surface area (Å²) in [7, 11) is 1.34. The maximum atomic E-state index is 12.7. The number of halogens is 9. The van der Waals surface area contributed by atoms with Crippen LogP contribution >= 0.6 is 101 Å². The Balaban J connectivity index is 0.000000960. The first-order valence-electron chi connectivity index (χ1n) is 9.07. The van der Waals surface area contributed by atoms with Gasteiger partial charge in [-0.3, -0.25) is 9.05 Å². The van der Waals surface area contributed by atoms with E-state index in [0.29, 0.717) is 10.7 Å². The van der Waals surface area contributed by atoms with Crippen LogP contribution in [0.15, 0.2) is 0 Å². The first-order valence-corrected chi connectivity index (χ1v) is 14.5. The Hall–Kier alpha value is 1.90. The van der Waals surface area contributed by atoms with E-state index in [0.717, 1.165) is 0 Å². The fraction of sp³-hybridized carbons (Fsp3) is 0.929. The number of alkyl halides is 6. The SMILES string of the molecule is CCN(CC)S(F)(F)F.[B][C@H]1CC(C)[C@@H](C(=S)OP(=O)(OCC(Cl)(Cl)Cl)OCC(Cl)(Cl)Cl)O1. The Morgan fingerprint density at radius 3 is 1.79 bits per heavy atom. The number of rotatable bonds is 9. The predicted octanol–water partition coefficient (Wildman–Crippen LogP) is 7.83. The fourth-order valence-electron chi connectivity index (χ4n) is 2.23. The smallest absolute Gasteiger partial charge is 0.394 e. The van der Waals surface area contributed by atoms with Crippen LogP contribution in [0, 0.1) is 5.92 Å². The molecular weight excluding hydrogens is 638 g/mol. The highest BCUT2D eigenvalue weighted by atomic mass is 35.6. The van der Waals surface area contributed by atoms with Crippen molar-refractivity contribution in [2.45, 2.75) is 46.9 Å². The third-order valence-electron chi connectivity index (χ3n) is 3.65. The molecule has 0 aromatic carbocycles. The highest BCUT2D eigenvalue weighted by Crippen LogP contribution is 2.56. The molecule has 2 radical (unpaired) electrons. The summed E-state index contributed by atoms with van der Waals surface area (Å²) in [6.45, 7) is 3.75. The molecule has 0 aliphatic carbocycles. The summed E-state index contributed by atoms with van der Waals surface area (Å²) in [5.74, 6) is -0.0673. The minimum atomic E-state index is -4.93. The molecule has 0 saturated carbocycles. The van der Waals surface area contributed by atoms with E-state index in [2.05, 4.69) is 0 Å². The van der Waals surface area contributed by atoms with Crippen LogP contribution in [0.1, 0.15) is 27.2 Å². The second-order valence-electron chi connectivity index (χ2n) is 6.44. The van der Waals surface area contributed by atoms with Gasteiger partial charge in [-0.05, 0) is 24.6 Å². The van der Waals surface area contributed by atoms with E-state index >= 15 is 0 Å². The molecule has 0 aromatic rings. The number of nitrogens with zero attached hydrogens (tertiary/aromatic N) is 1. The van der Waals surface area contributed by atoms with Crippen LogP contribution in [0.3, 0.4) is 0 Å². The topological polar surface area (TPSA) is 57.2 Å². The van der Waals surface area contributed by atoms with E-state index in [9.17, 15) is 16.2 Å². The number of thiocarbonyl (C=S) groups is 1. The van der Waals surface area contributed by atoms with Gasteiger partial charge in [0.1, 0.15) is 27.2 Å². The van der Waals surface area contributed by atoms with Gasteiger partial charge in [-0.25, -0.2) is 4.57 Å². The minimum Gasteiger partial charge on any atom is -0.394 e. The van der Waals surface area contributed by atoms with Crippen LogP contribution in [-0.4, -0.2) is 63.2 Å². The number of phosphoric acid groups is 1. The van der Waals surface area contributed by atoms with Crippen LogP contribution in [0.2, 0.25) is 0 Å². The van der Waals surface area contributed by atoms with Gasteiger partial charge < -0.3 is 9.26 Å². The van der Waals surface area contributed by atoms with Crippen LogP contribution in [0.5, 0.6) is 0 Å². The Labute approximate surface area is 230 Å². The molecule has 196 valence electrons. The molecule has 33 heavy (non-hydrogen) atoms. The molecule has 1 heterocycles. The molecule has 0 N–H and O–H groups in total. The lowest BCUT2D eigenvalue weighted by atomic mass is 9.92. The van der Waals surface area contributed by atoms with Gasteiger partial charge in [0.15, 0.2) is 0 Å². The fourth-order valence-corrected chi connectivity index (χ4v) is 5.37. The van der Waals surface area contributed by atoms with Crippen molar-refractivity contribution < 1.29 is 34.5 Å². The summed E-state index contributed by atoms with van der Waals surface area (Å²) in [5, 5.41) is -0.188. The molecule has 19 heteroatoms. The molecule has 1 unspecified atom stereocenters. The quantitative estimate of drug-likeness (QED) is 0.108. The summed E-state index contributed by atoms with van der Waals surface area (Å²) in [6, 6.07) is -0.518. The number of phosphoric ester groups is 1. The molecule has 1 aliphatic heterocycles. The second-order valence-corrected chi connectivity index (χ2v) is 14.7. The van der Waals surface area contributed by atoms with Crippen molar-refractivity contribution in [1.82, 2.24) is 4.31 Å². The third kappa shape index (κ3) is 15.7. The van der Waals surface area contributed by atoms with Crippen LogP contribution in [0.4, 0.5) is 11.7 Å². The van der Waals surface area contributed by atoms with Crippen LogP contribution in [-0.2, 0) is 22.9 Å². The summed E-state index contributed by atoms with van der Waals surface area (Å²) in [4.78, 5) is 0.